The van der Waals surface area contributed by atoms with Crippen molar-refractivity contribution in [3.05, 3.63) is 23.5 Å². The van der Waals surface area contributed by atoms with Gasteiger partial charge < -0.3 is 20.3 Å². The number of ether oxygens (including phenoxy) is 1. The number of halogens is 1. The van der Waals surface area contributed by atoms with Crippen molar-refractivity contribution >= 4 is 17.6 Å². The molecule has 178 valence electrons. The maximum Gasteiger partial charge on any atom is 0.410 e. The molecule has 9 heteroatoms. The van der Waals surface area contributed by atoms with E-state index in [0.29, 0.717) is 11.8 Å². The van der Waals surface area contributed by atoms with Gasteiger partial charge in [0.2, 0.25) is 0 Å². The largest absolute Gasteiger partial charge is 0.446 e. The molecule has 1 aliphatic carbocycles. The van der Waals surface area contributed by atoms with Crippen LogP contribution in [0, 0.1) is 0 Å². The number of fused-ring (bicyclic) bond motifs is 3. The van der Waals surface area contributed by atoms with E-state index in [1.807, 2.05) is 15.6 Å². The van der Waals surface area contributed by atoms with Gasteiger partial charge in [-0.1, -0.05) is 13.8 Å². The van der Waals surface area contributed by atoms with Crippen LogP contribution >= 0.6 is 0 Å². The van der Waals surface area contributed by atoms with Gasteiger partial charge in [0.1, 0.15) is 12.4 Å². The number of carbonyl (C=O) groups excluding carboxylic acids is 1. The Morgan fingerprint density at radius 3 is 2.61 bits per heavy atom. The Kier molecular flexibility index (Phi) is 5.01. The predicted octanol–water partition coefficient (Wildman–Crippen LogP) is 3.59. The van der Waals surface area contributed by atoms with Crippen molar-refractivity contribution < 1.29 is 13.9 Å². The van der Waals surface area contributed by atoms with E-state index in [1.165, 1.54) is 18.4 Å². The highest BCUT2D eigenvalue weighted by atomic mass is 19.1. The standard InChI is InChI=1S/C24H33FN6O2/c1-14(2)19-10-27-31-21(9-20(15-3-4-15)29-22(19)31)28-16-7-17-5-6-18(8-16)30(17)23(32)33-13-24(25)11-26-12-24/h9-10,14-18,26,28H,3-8,11-13H2,1-2H3. The summed E-state index contributed by atoms with van der Waals surface area (Å²) in [5.74, 6) is 1.91. The number of anilines is 1. The summed E-state index contributed by atoms with van der Waals surface area (Å²) >= 11 is 0. The third-order valence-corrected chi connectivity index (χ3v) is 7.77. The molecule has 0 aromatic carbocycles. The Bertz CT molecular complexity index is 1050. The maximum absolute atomic E-state index is 14.2. The summed E-state index contributed by atoms with van der Waals surface area (Å²) in [7, 11) is 0. The molecular formula is C24H33FN6O2. The number of nitrogens with one attached hydrogen (secondary N) is 2. The number of rotatable bonds is 6. The highest BCUT2D eigenvalue weighted by Crippen LogP contribution is 2.41. The molecule has 4 fully saturated rings. The van der Waals surface area contributed by atoms with Crippen LogP contribution in [0.5, 0.6) is 0 Å². The Morgan fingerprint density at radius 2 is 2.00 bits per heavy atom. The fourth-order valence-corrected chi connectivity index (χ4v) is 5.66. The smallest absolute Gasteiger partial charge is 0.410 e. The second-order valence-corrected chi connectivity index (χ2v) is 10.7. The summed E-state index contributed by atoms with van der Waals surface area (Å²) in [6.07, 6.45) is 7.64. The molecule has 6 rings (SSSR count). The minimum absolute atomic E-state index is 0.132. The van der Waals surface area contributed by atoms with Gasteiger partial charge in [-0.25, -0.2) is 14.2 Å². The molecule has 2 aromatic rings. The van der Waals surface area contributed by atoms with Crippen LogP contribution in [0.2, 0.25) is 0 Å². The monoisotopic (exact) mass is 456 g/mol. The molecule has 1 saturated carbocycles. The van der Waals surface area contributed by atoms with Gasteiger partial charge in [0, 0.05) is 54.5 Å². The SMILES string of the molecule is CC(C)c1cnn2c(NC3CC4CCC(C3)N4C(=O)OCC3(F)CNC3)cc(C3CC3)nc12. The number of hydrogen-bond donors (Lipinski definition) is 2. The zero-order valence-electron chi connectivity index (χ0n) is 19.4. The number of carbonyl (C=O) groups is 1. The Labute approximate surface area is 193 Å². The van der Waals surface area contributed by atoms with Gasteiger partial charge in [-0.3, -0.25) is 0 Å². The zero-order chi connectivity index (χ0) is 22.7. The molecule has 2 N–H and O–H groups in total. The van der Waals surface area contributed by atoms with Crippen molar-refractivity contribution in [2.75, 3.05) is 25.0 Å². The van der Waals surface area contributed by atoms with E-state index < -0.39 is 5.67 Å². The molecule has 2 atom stereocenters. The van der Waals surface area contributed by atoms with Gasteiger partial charge >= 0.3 is 6.09 Å². The van der Waals surface area contributed by atoms with Crippen LogP contribution in [0.4, 0.5) is 15.0 Å². The van der Waals surface area contributed by atoms with E-state index in [9.17, 15) is 9.18 Å². The van der Waals surface area contributed by atoms with Crippen LogP contribution in [0.1, 0.15) is 75.5 Å². The van der Waals surface area contributed by atoms with Crippen molar-refractivity contribution in [2.45, 2.75) is 88.0 Å². The van der Waals surface area contributed by atoms with E-state index in [4.69, 9.17) is 9.72 Å². The second-order valence-electron chi connectivity index (χ2n) is 10.7. The normalized spacial score (nSPS) is 28.2. The van der Waals surface area contributed by atoms with Crippen LogP contribution < -0.4 is 10.6 Å². The Morgan fingerprint density at radius 1 is 1.27 bits per heavy atom. The Hall–Kier alpha value is -2.42. The molecule has 2 unspecified atom stereocenters. The first-order chi connectivity index (χ1) is 15.9. The fourth-order valence-electron chi connectivity index (χ4n) is 5.66. The molecule has 3 saturated heterocycles. The molecule has 2 bridgehead atoms. The van der Waals surface area contributed by atoms with Crippen molar-refractivity contribution in [3.8, 4) is 0 Å². The van der Waals surface area contributed by atoms with Gasteiger partial charge in [-0.2, -0.15) is 9.61 Å². The average molecular weight is 457 g/mol. The van der Waals surface area contributed by atoms with Crippen LogP contribution in [0.15, 0.2) is 12.3 Å². The third kappa shape index (κ3) is 3.84. The third-order valence-electron chi connectivity index (χ3n) is 7.77. The highest BCUT2D eigenvalue weighted by Gasteiger charge is 2.46. The number of amides is 1. The summed E-state index contributed by atoms with van der Waals surface area (Å²) in [6, 6.07) is 2.68. The molecule has 1 amide bonds. The first-order valence-corrected chi connectivity index (χ1v) is 12.4. The van der Waals surface area contributed by atoms with Gasteiger partial charge in [0.05, 0.1) is 6.20 Å². The van der Waals surface area contributed by atoms with E-state index in [0.717, 1.165) is 42.8 Å². The molecule has 0 spiro atoms. The van der Waals surface area contributed by atoms with Crippen molar-refractivity contribution in [3.63, 3.8) is 0 Å². The van der Waals surface area contributed by atoms with Gasteiger partial charge in [0.25, 0.3) is 0 Å². The lowest BCUT2D eigenvalue weighted by molar-refractivity contribution is -0.00856. The molecule has 3 aliphatic heterocycles. The second kappa shape index (κ2) is 7.82. The van der Waals surface area contributed by atoms with Crippen LogP contribution in [0.25, 0.3) is 5.65 Å². The quantitative estimate of drug-likeness (QED) is 0.691. The zero-order valence-corrected chi connectivity index (χ0v) is 19.4. The average Bonchev–Trinajstić information content (AvgIpc) is 3.46. The molecule has 2 aromatic heterocycles. The molecule has 5 heterocycles. The lowest BCUT2D eigenvalue weighted by Crippen LogP contribution is -2.60. The highest BCUT2D eigenvalue weighted by molar-refractivity contribution is 5.69. The molecule has 33 heavy (non-hydrogen) atoms. The maximum atomic E-state index is 14.2. The summed E-state index contributed by atoms with van der Waals surface area (Å²) in [5, 5.41) is 11.3. The number of alkyl halides is 1. The molecule has 4 aliphatic rings. The van der Waals surface area contributed by atoms with Crippen molar-refractivity contribution in [2.24, 2.45) is 0 Å². The Balaban J connectivity index is 1.18. The first kappa shape index (κ1) is 21.1. The lowest BCUT2D eigenvalue weighted by atomic mass is 9.97. The van der Waals surface area contributed by atoms with E-state index in [2.05, 4.69) is 35.6 Å². The van der Waals surface area contributed by atoms with Crippen molar-refractivity contribution in [1.29, 1.82) is 0 Å². The van der Waals surface area contributed by atoms with Crippen LogP contribution in [-0.2, 0) is 4.74 Å². The minimum Gasteiger partial charge on any atom is -0.446 e. The van der Waals surface area contributed by atoms with E-state index in [-0.39, 0.29) is 43.9 Å². The molecular weight excluding hydrogens is 423 g/mol. The summed E-state index contributed by atoms with van der Waals surface area (Å²) in [5.41, 5.74) is 1.87. The minimum atomic E-state index is -1.40. The molecule has 8 nitrogen and oxygen atoms in total. The van der Waals surface area contributed by atoms with Crippen molar-refractivity contribution in [1.82, 2.24) is 24.8 Å². The van der Waals surface area contributed by atoms with Gasteiger partial charge in [-0.15, -0.1) is 0 Å². The summed E-state index contributed by atoms with van der Waals surface area (Å²) in [6.45, 7) is 4.71. The topological polar surface area (TPSA) is 83.8 Å². The molecule has 0 radical (unpaired) electrons. The number of nitrogens with zero attached hydrogens (tertiary/aromatic N) is 4. The van der Waals surface area contributed by atoms with E-state index in [1.54, 1.807) is 0 Å². The predicted molar refractivity (Wildman–Crippen MR) is 122 cm³/mol. The van der Waals surface area contributed by atoms with Crippen LogP contribution in [0.3, 0.4) is 0 Å². The number of piperidine rings is 1. The lowest BCUT2D eigenvalue weighted by Gasteiger charge is -2.40. The van der Waals surface area contributed by atoms with Gasteiger partial charge in [0.15, 0.2) is 11.3 Å². The van der Waals surface area contributed by atoms with Gasteiger partial charge in [-0.05, 0) is 44.4 Å². The fraction of sp³-hybridized carbons (Fsp3) is 0.708. The number of hydrogen-bond acceptors (Lipinski definition) is 6. The first-order valence-electron chi connectivity index (χ1n) is 12.4. The summed E-state index contributed by atoms with van der Waals surface area (Å²) in [4.78, 5) is 19.6. The number of aromatic nitrogens is 3. The van der Waals surface area contributed by atoms with E-state index >= 15 is 0 Å². The van der Waals surface area contributed by atoms with Crippen LogP contribution in [-0.4, -0.2) is 69.1 Å². The summed E-state index contributed by atoms with van der Waals surface area (Å²) < 4.78 is 21.6.